The fourth-order valence-corrected chi connectivity index (χ4v) is 1.91. The van der Waals surface area contributed by atoms with Gasteiger partial charge in [0.1, 0.15) is 6.10 Å². The van der Waals surface area contributed by atoms with Crippen LogP contribution in [-0.2, 0) is 0 Å². The summed E-state index contributed by atoms with van der Waals surface area (Å²) in [6, 6.07) is 17.2. The highest BCUT2D eigenvalue weighted by molar-refractivity contribution is 5.92. The minimum atomic E-state index is -0.118. The van der Waals surface area contributed by atoms with Crippen LogP contribution in [0.4, 0.5) is 5.69 Å². The van der Waals surface area contributed by atoms with Gasteiger partial charge in [-0.1, -0.05) is 30.3 Å². The lowest BCUT2D eigenvalue weighted by atomic mass is 10.3. The summed E-state index contributed by atoms with van der Waals surface area (Å²) in [5.74, 6) is 1.76. The van der Waals surface area contributed by atoms with Gasteiger partial charge in [0.15, 0.2) is 17.5 Å². The number of hydrogen-bond donors (Lipinski definition) is 2. The molecule has 0 heterocycles. The second-order valence-electron chi connectivity index (χ2n) is 4.80. The van der Waals surface area contributed by atoms with Gasteiger partial charge >= 0.3 is 0 Å². The number of nitrogens with one attached hydrogen (secondary N) is 1. The molecule has 2 aromatic carbocycles. The lowest BCUT2D eigenvalue weighted by Gasteiger charge is -2.15. The molecule has 0 aliphatic carbocycles. The Morgan fingerprint density at radius 2 is 1.73 bits per heavy atom. The van der Waals surface area contributed by atoms with Gasteiger partial charge in [-0.25, -0.2) is 4.99 Å². The number of guanidine groups is 1. The van der Waals surface area contributed by atoms with E-state index in [4.69, 9.17) is 15.2 Å². The minimum Gasteiger partial charge on any atom is -0.493 e. The zero-order valence-electron chi connectivity index (χ0n) is 12.8. The number of methoxy groups -OCH3 is 1. The first-order valence-corrected chi connectivity index (χ1v) is 7.10. The third-order valence-electron chi connectivity index (χ3n) is 2.96. The molecule has 0 bridgehead atoms. The normalized spacial score (nSPS) is 12.5. The Morgan fingerprint density at radius 1 is 1.09 bits per heavy atom. The lowest BCUT2D eigenvalue weighted by Crippen LogP contribution is -2.25. The Balaban J connectivity index is 1.89. The number of para-hydroxylation sites is 3. The second-order valence-corrected chi connectivity index (χ2v) is 4.80. The van der Waals surface area contributed by atoms with Crippen LogP contribution in [-0.4, -0.2) is 25.7 Å². The van der Waals surface area contributed by atoms with Crippen LogP contribution < -0.4 is 20.5 Å². The van der Waals surface area contributed by atoms with Gasteiger partial charge in [0.25, 0.3) is 0 Å². The number of ether oxygens (including phenoxy) is 2. The molecule has 1 unspecified atom stereocenters. The Bertz CT molecular complexity index is 614. The average molecular weight is 299 g/mol. The van der Waals surface area contributed by atoms with Gasteiger partial charge in [-0.2, -0.15) is 0 Å². The molecule has 0 aliphatic heterocycles. The molecule has 22 heavy (non-hydrogen) atoms. The zero-order chi connectivity index (χ0) is 15.8. The topological polar surface area (TPSA) is 68.9 Å². The predicted molar refractivity (Wildman–Crippen MR) is 89.6 cm³/mol. The third-order valence-corrected chi connectivity index (χ3v) is 2.96. The fourth-order valence-electron chi connectivity index (χ4n) is 1.91. The number of aliphatic imine (C=N–C) groups is 1. The van der Waals surface area contributed by atoms with E-state index in [-0.39, 0.29) is 6.10 Å². The summed E-state index contributed by atoms with van der Waals surface area (Å²) >= 11 is 0. The minimum absolute atomic E-state index is 0.118. The maximum Gasteiger partial charge on any atom is 0.193 e. The molecule has 0 aromatic heterocycles. The van der Waals surface area contributed by atoms with Gasteiger partial charge in [-0.05, 0) is 31.2 Å². The molecular formula is C17H21N3O2. The molecule has 5 nitrogen and oxygen atoms in total. The van der Waals surface area contributed by atoms with Gasteiger partial charge in [0.2, 0.25) is 0 Å². The Morgan fingerprint density at radius 3 is 2.41 bits per heavy atom. The van der Waals surface area contributed by atoms with E-state index in [1.807, 2.05) is 61.5 Å². The van der Waals surface area contributed by atoms with E-state index >= 15 is 0 Å². The SMILES string of the molecule is COc1ccccc1OC(C)CN=C(N)Nc1ccccc1. The molecule has 0 spiro atoms. The summed E-state index contributed by atoms with van der Waals surface area (Å²) in [5.41, 5.74) is 6.77. The van der Waals surface area contributed by atoms with Gasteiger partial charge < -0.3 is 20.5 Å². The van der Waals surface area contributed by atoms with Crippen LogP contribution in [0.2, 0.25) is 0 Å². The summed E-state index contributed by atoms with van der Waals surface area (Å²) in [6.45, 7) is 2.38. The summed E-state index contributed by atoms with van der Waals surface area (Å²) in [6.07, 6.45) is -0.118. The molecule has 116 valence electrons. The van der Waals surface area contributed by atoms with E-state index < -0.39 is 0 Å². The van der Waals surface area contributed by atoms with Crippen LogP contribution in [0.1, 0.15) is 6.92 Å². The fraction of sp³-hybridized carbons (Fsp3) is 0.235. The van der Waals surface area contributed by atoms with E-state index in [0.717, 1.165) is 5.69 Å². The molecule has 3 N–H and O–H groups in total. The van der Waals surface area contributed by atoms with Crippen LogP contribution in [0.3, 0.4) is 0 Å². The van der Waals surface area contributed by atoms with E-state index in [1.165, 1.54) is 0 Å². The van der Waals surface area contributed by atoms with Crippen LogP contribution in [0, 0.1) is 0 Å². The molecule has 0 saturated carbocycles. The largest absolute Gasteiger partial charge is 0.493 e. The van der Waals surface area contributed by atoms with Gasteiger partial charge in [-0.3, -0.25) is 0 Å². The maximum atomic E-state index is 5.86. The summed E-state index contributed by atoms with van der Waals surface area (Å²) in [7, 11) is 1.62. The Kier molecular flexibility index (Phi) is 5.65. The van der Waals surface area contributed by atoms with Crippen LogP contribution in [0.15, 0.2) is 59.6 Å². The first kappa shape index (κ1) is 15.7. The molecule has 0 aliphatic rings. The number of anilines is 1. The Hall–Kier alpha value is -2.69. The number of benzene rings is 2. The highest BCUT2D eigenvalue weighted by atomic mass is 16.5. The van der Waals surface area contributed by atoms with Crippen LogP contribution >= 0.6 is 0 Å². The molecule has 0 radical (unpaired) electrons. The highest BCUT2D eigenvalue weighted by Crippen LogP contribution is 2.26. The number of hydrogen-bond acceptors (Lipinski definition) is 3. The molecule has 1 atom stereocenters. The number of nitrogens with zero attached hydrogens (tertiary/aromatic N) is 1. The van der Waals surface area contributed by atoms with Crippen molar-refractivity contribution in [3.8, 4) is 11.5 Å². The second kappa shape index (κ2) is 7.93. The van der Waals surface area contributed by atoms with E-state index in [9.17, 15) is 0 Å². The summed E-state index contributed by atoms with van der Waals surface area (Å²) < 4.78 is 11.1. The molecule has 0 amide bonds. The molecule has 0 fully saturated rings. The molecule has 5 heteroatoms. The molecule has 2 rings (SSSR count). The van der Waals surface area contributed by atoms with E-state index in [2.05, 4.69) is 10.3 Å². The lowest BCUT2D eigenvalue weighted by molar-refractivity contribution is 0.219. The smallest absolute Gasteiger partial charge is 0.193 e. The van der Waals surface area contributed by atoms with Gasteiger partial charge in [-0.15, -0.1) is 0 Å². The van der Waals surface area contributed by atoms with Crippen molar-refractivity contribution in [3.05, 3.63) is 54.6 Å². The predicted octanol–water partition coefficient (Wildman–Crippen LogP) is 2.89. The van der Waals surface area contributed by atoms with Crippen LogP contribution in [0.5, 0.6) is 11.5 Å². The number of nitrogens with two attached hydrogens (primary N) is 1. The van der Waals surface area contributed by atoms with Crippen molar-refractivity contribution < 1.29 is 9.47 Å². The Labute approximate surface area is 130 Å². The van der Waals surface area contributed by atoms with E-state index in [0.29, 0.717) is 24.0 Å². The van der Waals surface area contributed by atoms with Crippen molar-refractivity contribution in [3.63, 3.8) is 0 Å². The first-order chi connectivity index (χ1) is 10.7. The first-order valence-electron chi connectivity index (χ1n) is 7.10. The standard InChI is InChI=1S/C17H21N3O2/c1-13(22-16-11-7-6-10-15(16)21-2)12-19-17(18)20-14-8-4-3-5-9-14/h3-11,13H,12H2,1-2H3,(H3,18,19,20). The molecule has 0 saturated heterocycles. The van der Waals surface area contributed by atoms with Crippen LogP contribution in [0.25, 0.3) is 0 Å². The third kappa shape index (κ3) is 4.70. The average Bonchev–Trinajstić information content (AvgIpc) is 2.54. The zero-order valence-corrected chi connectivity index (χ0v) is 12.8. The summed E-state index contributed by atoms with van der Waals surface area (Å²) in [5, 5.41) is 3.03. The van der Waals surface area contributed by atoms with Crippen molar-refractivity contribution in [2.24, 2.45) is 10.7 Å². The quantitative estimate of drug-likeness (QED) is 0.635. The monoisotopic (exact) mass is 299 g/mol. The van der Waals surface area contributed by atoms with Crippen molar-refractivity contribution in [1.82, 2.24) is 0 Å². The van der Waals surface area contributed by atoms with Crippen molar-refractivity contribution in [1.29, 1.82) is 0 Å². The number of rotatable bonds is 6. The molecule has 2 aromatic rings. The van der Waals surface area contributed by atoms with Crippen molar-refractivity contribution in [2.45, 2.75) is 13.0 Å². The molecular weight excluding hydrogens is 278 g/mol. The van der Waals surface area contributed by atoms with Gasteiger partial charge in [0.05, 0.1) is 13.7 Å². The van der Waals surface area contributed by atoms with Crippen molar-refractivity contribution in [2.75, 3.05) is 19.0 Å². The van der Waals surface area contributed by atoms with E-state index in [1.54, 1.807) is 7.11 Å². The van der Waals surface area contributed by atoms with Crippen molar-refractivity contribution >= 4 is 11.6 Å². The van der Waals surface area contributed by atoms with Gasteiger partial charge in [0, 0.05) is 5.69 Å². The highest BCUT2D eigenvalue weighted by Gasteiger charge is 2.08. The maximum absolute atomic E-state index is 5.86. The summed E-state index contributed by atoms with van der Waals surface area (Å²) in [4.78, 5) is 4.29.